The summed E-state index contributed by atoms with van der Waals surface area (Å²) in [5.74, 6) is -2.71. The number of amides is 1. The third-order valence-corrected chi connectivity index (χ3v) is 5.57. The van der Waals surface area contributed by atoms with Gasteiger partial charge in [-0.2, -0.15) is 0 Å². The lowest BCUT2D eigenvalue weighted by molar-refractivity contribution is -0.121. The Kier molecular flexibility index (Phi) is 7.04. The van der Waals surface area contributed by atoms with Crippen LogP contribution < -0.4 is 10.0 Å². The summed E-state index contributed by atoms with van der Waals surface area (Å²) in [4.78, 5) is 11.6. The Morgan fingerprint density at radius 3 is 2.33 bits per heavy atom. The fourth-order valence-corrected chi connectivity index (χ4v) is 3.51. The molecule has 0 radical (unpaired) electrons. The van der Waals surface area contributed by atoms with E-state index in [0.717, 1.165) is 24.1 Å². The van der Waals surface area contributed by atoms with E-state index in [4.69, 9.17) is 0 Å². The second-order valence-electron chi connectivity index (χ2n) is 6.11. The van der Waals surface area contributed by atoms with Crippen molar-refractivity contribution >= 4 is 15.9 Å². The van der Waals surface area contributed by atoms with Crippen LogP contribution in [-0.4, -0.2) is 20.9 Å². The van der Waals surface area contributed by atoms with Crippen molar-refractivity contribution in [3.8, 4) is 0 Å². The van der Waals surface area contributed by atoms with Gasteiger partial charge in [-0.1, -0.05) is 31.2 Å². The van der Waals surface area contributed by atoms with Gasteiger partial charge in [0.15, 0.2) is 11.6 Å². The molecule has 5 nitrogen and oxygen atoms in total. The Morgan fingerprint density at radius 2 is 1.74 bits per heavy atom. The number of halogens is 2. The van der Waals surface area contributed by atoms with Crippen molar-refractivity contribution in [3.05, 3.63) is 65.2 Å². The number of nitrogens with one attached hydrogen (secondary N) is 2. The van der Waals surface area contributed by atoms with Crippen LogP contribution >= 0.6 is 0 Å². The molecule has 8 heteroatoms. The summed E-state index contributed by atoms with van der Waals surface area (Å²) < 4.78 is 52.4. The molecule has 1 atom stereocenters. The number of hydrogen-bond donors (Lipinski definition) is 2. The van der Waals surface area contributed by atoms with E-state index in [1.165, 1.54) is 5.56 Å². The van der Waals surface area contributed by atoms with Crippen molar-refractivity contribution in [1.29, 1.82) is 0 Å². The van der Waals surface area contributed by atoms with Crippen LogP contribution in [0.25, 0.3) is 0 Å². The summed E-state index contributed by atoms with van der Waals surface area (Å²) in [6, 6.07) is 9.95. The van der Waals surface area contributed by atoms with Crippen molar-refractivity contribution in [1.82, 2.24) is 10.0 Å². The zero-order valence-electron chi connectivity index (χ0n) is 15.1. The van der Waals surface area contributed by atoms with Crippen molar-refractivity contribution < 1.29 is 22.0 Å². The van der Waals surface area contributed by atoms with E-state index in [-0.39, 0.29) is 24.9 Å². The van der Waals surface area contributed by atoms with E-state index in [9.17, 15) is 22.0 Å². The van der Waals surface area contributed by atoms with E-state index in [0.29, 0.717) is 6.07 Å². The highest BCUT2D eigenvalue weighted by Crippen LogP contribution is 2.15. The van der Waals surface area contributed by atoms with Crippen LogP contribution in [0.4, 0.5) is 8.78 Å². The third kappa shape index (κ3) is 5.83. The van der Waals surface area contributed by atoms with Crippen LogP contribution in [0.2, 0.25) is 0 Å². The Labute approximate surface area is 157 Å². The predicted molar refractivity (Wildman–Crippen MR) is 98.5 cm³/mol. The number of carbonyl (C=O) groups excluding carboxylic acids is 1. The van der Waals surface area contributed by atoms with Gasteiger partial charge in [0.1, 0.15) is 0 Å². The molecule has 2 rings (SSSR count). The smallest absolute Gasteiger partial charge is 0.240 e. The minimum absolute atomic E-state index is 0.0830. The van der Waals surface area contributed by atoms with E-state index < -0.39 is 26.6 Å². The first-order valence-electron chi connectivity index (χ1n) is 8.56. The van der Waals surface area contributed by atoms with E-state index >= 15 is 0 Å². The van der Waals surface area contributed by atoms with Gasteiger partial charge in [0, 0.05) is 13.0 Å². The van der Waals surface area contributed by atoms with Crippen molar-refractivity contribution in [2.45, 2.75) is 37.6 Å². The van der Waals surface area contributed by atoms with Gasteiger partial charge < -0.3 is 5.32 Å². The molecule has 0 saturated carbocycles. The predicted octanol–water partition coefficient (Wildman–Crippen LogP) is 3.07. The molecule has 146 valence electrons. The SMILES string of the molecule is CCc1ccc(C(C)NC(=O)CCNS(=O)(=O)c2ccc(F)c(F)c2)cc1. The van der Waals surface area contributed by atoms with E-state index in [1.807, 2.05) is 31.2 Å². The van der Waals surface area contributed by atoms with Crippen LogP contribution in [0.3, 0.4) is 0 Å². The van der Waals surface area contributed by atoms with Gasteiger partial charge in [-0.3, -0.25) is 4.79 Å². The first-order chi connectivity index (χ1) is 12.7. The van der Waals surface area contributed by atoms with Crippen molar-refractivity contribution in [2.24, 2.45) is 0 Å². The normalized spacial score (nSPS) is 12.6. The molecule has 0 aromatic heterocycles. The lowest BCUT2D eigenvalue weighted by Gasteiger charge is -2.15. The summed E-state index contributed by atoms with van der Waals surface area (Å²) in [5.41, 5.74) is 2.15. The van der Waals surface area contributed by atoms with Gasteiger partial charge >= 0.3 is 0 Å². The van der Waals surface area contributed by atoms with Gasteiger partial charge in [-0.25, -0.2) is 21.9 Å². The van der Waals surface area contributed by atoms with Crippen molar-refractivity contribution in [2.75, 3.05) is 6.54 Å². The maximum absolute atomic E-state index is 13.2. The number of carbonyl (C=O) groups is 1. The fourth-order valence-electron chi connectivity index (χ4n) is 2.47. The van der Waals surface area contributed by atoms with Crippen LogP contribution in [0, 0.1) is 11.6 Å². The van der Waals surface area contributed by atoms with Gasteiger partial charge in [-0.15, -0.1) is 0 Å². The fraction of sp³-hybridized carbons (Fsp3) is 0.316. The van der Waals surface area contributed by atoms with Crippen LogP contribution in [0.5, 0.6) is 0 Å². The minimum atomic E-state index is -4.02. The third-order valence-electron chi connectivity index (χ3n) is 4.11. The molecule has 2 aromatic rings. The Bertz CT molecular complexity index is 900. The van der Waals surface area contributed by atoms with Gasteiger partial charge in [0.25, 0.3) is 0 Å². The molecule has 1 unspecified atom stereocenters. The Hall–Kier alpha value is -2.32. The van der Waals surface area contributed by atoms with E-state index in [1.54, 1.807) is 0 Å². The summed E-state index contributed by atoms with van der Waals surface area (Å²) in [6.45, 7) is 3.74. The molecule has 0 aliphatic rings. The second-order valence-corrected chi connectivity index (χ2v) is 7.87. The highest BCUT2D eigenvalue weighted by atomic mass is 32.2. The highest BCUT2D eigenvalue weighted by molar-refractivity contribution is 7.89. The first kappa shape index (κ1) is 21.0. The number of rotatable bonds is 8. The maximum Gasteiger partial charge on any atom is 0.240 e. The highest BCUT2D eigenvalue weighted by Gasteiger charge is 2.17. The van der Waals surface area contributed by atoms with Gasteiger partial charge in [0.2, 0.25) is 15.9 Å². The molecule has 1 amide bonds. The Balaban J connectivity index is 1.86. The number of hydrogen-bond acceptors (Lipinski definition) is 3. The summed E-state index contributed by atoms with van der Waals surface area (Å²) in [6.07, 6.45) is 0.847. The summed E-state index contributed by atoms with van der Waals surface area (Å²) in [7, 11) is -4.02. The lowest BCUT2D eigenvalue weighted by atomic mass is 10.0. The lowest BCUT2D eigenvalue weighted by Crippen LogP contribution is -2.32. The topological polar surface area (TPSA) is 75.3 Å². The van der Waals surface area contributed by atoms with E-state index in [2.05, 4.69) is 17.0 Å². The zero-order valence-corrected chi connectivity index (χ0v) is 15.9. The number of sulfonamides is 1. The molecule has 0 heterocycles. The van der Waals surface area contributed by atoms with Crippen molar-refractivity contribution in [3.63, 3.8) is 0 Å². The average Bonchev–Trinajstić information content (AvgIpc) is 2.63. The molecular formula is C19H22F2N2O3S. The largest absolute Gasteiger partial charge is 0.350 e. The molecule has 0 aliphatic carbocycles. The molecule has 0 aliphatic heterocycles. The summed E-state index contributed by atoms with van der Waals surface area (Å²) >= 11 is 0. The monoisotopic (exact) mass is 396 g/mol. The molecule has 0 saturated heterocycles. The summed E-state index contributed by atoms with van der Waals surface area (Å²) in [5, 5.41) is 2.79. The minimum Gasteiger partial charge on any atom is -0.350 e. The van der Waals surface area contributed by atoms with Crippen LogP contribution in [-0.2, 0) is 21.2 Å². The molecule has 2 N–H and O–H groups in total. The zero-order chi connectivity index (χ0) is 20.0. The standard InChI is InChI=1S/C19H22F2N2O3S/c1-3-14-4-6-15(7-5-14)13(2)23-19(24)10-11-22-27(25,26)16-8-9-17(20)18(21)12-16/h4-9,12-13,22H,3,10-11H2,1-2H3,(H,23,24). The van der Waals surface area contributed by atoms with Gasteiger partial charge in [-0.05, 0) is 42.7 Å². The molecule has 27 heavy (non-hydrogen) atoms. The molecule has 0 bridgehead atoms. The first-order valence-corrected chi connectivity index (χ1v) is 10.0. The van der Waals surface area contributed by atoms with Crippen LogP contribution in [0.15, 0.2) is 47.4 Å². The Morgan fingerprint density at radius 1 is 1.07 bits per heavy atom. The maximum atomic E-state index is 13.2. The number of aryl methyl sites for hydroxylation is 1. The van der Waals surface area contributed by atoms with Crippen LogP contribution in [0.1, 0.15) is 37.4 Å². The molecule has 0 spiro atoms. The van der Waals surface area contributed by atoms with Gasteiger partial charge in [0.05, 0.1) is 10.9 Å². The number of benzene rings is 2. The second kappa shape index (κ2) is 9.05. The average molecular weight is 396 g/mol. The molecule has 0 fully saturated rings. The molecule has 2 aromatic carbocycles. The molecular weight excluding hydrogens is 374 g/mol. The quantitative estimate of drug-likeness (QED) is 0.720.